The molecule has 0 unspecified atom stereocenters. The molecular formula is C14H13N5O. The van der Waals surface area contributed by atoms with Gasteiger partial charge in [-0.2, -0.15) is 0 Å². The van der Waals surface area contributed by atoms with E-state index < -0.39 is 0 Å². The molecule has 0 radical (unpaired) electrons. The Morgan fingerprint density at radius 1 is 1.15 bits per heavy atom. The van der Waals surface area contributed by atoms with Gasteiger partial charge in [0.2, 0.25) is 5.89 Å². The molecule has 0 amide bonds. The van der Waals surface area contributed by atoms with Gasteiger partial charge in [-0.05, 0) is 12.1 Å². The van der Waals surface area contributed by atoms with E-state index in [-0.39, 0.29) is 0 Å². The molecule has 0 spiro atoms. The molecule has 6 nitrogen and oxygen atoms in total. The van der Waals surface area contributed by atoms with E-state index in [9.17, 15) is 0 Å². The monoisotopic (exact) mass is 267 g/mol. The molecule has 1 aromatic carbocycles. The Bertz CT molecular complexity index is 731. The van der Waals surface area contributed by atoms with Crippen LogP contribution >= 0.6 is 0 Å². The van der Waals surface area contributed by atoms with Gasteiger partial charge >= 0.3 is 0 Å². The molecular weight excluding hydrogens is 254 g/mol. The van der Waals surface area contributed by atoms with Gasteiger partial charge in [0.15, 0.2) is 5.82 Å². The number of nitrogens with zero attached hydrogens (tertiary/aromatic N) is 4. The summed E-state index contributed by atoms with van der Waals surface area (Å²) < 4.78 is 7.64. The van der Waals surface area contributed by atoms with E-state index in [2.05, 4.69) is 25.1 Å². The number of rotatable bonds is 2. The Morgan fingerprint density at radius 2 is 2.05 bits per heavy atom. The molecule has 0 atom stereocenters. The highest BCUT2D eigenvalue weighted by Gasteiger charge is 2.19. The van der Waals surface area contributed by atoms with Crippen molar-refractivity contribution >= 4 is 0 Å². The molecule has 100 valence electrons. The van der Waals surface area contributed by atoms with Crippen LogP contribution in [-0.2, 0) is 13.1 Å². The number of hydrogen-bond acceptors (Lipinski definition) is 5. The third-order valence-electron chi connectivity index (χ3n) is 3.38. The van der Waals surface area contributed by atoms with Gasteiger partial charge in [-0.15, -0.1) is 10.2 Å². The van der Waals surface area contributed by atoms with E-state index in [0.717, 1.165) is 42.5 Å². The molecule has 0 bridgehead atoms. The molecule has 20 heavy (non-hydrogen) atoms. The van der Waals surface area contributed by atoms with Crippen LogP contribution in [0.5, 0.6) is 0 Å². The first kappa shape index (κ1) is 11.4. The summed E-state index contributed by atoms with van der Waals surface area (Å²) in [5.74, 6) is 2.31. The van der Waals surface area contributed by atoms with Crippen LogP contribution in [0, 0.1) is 0 Å². The molecule has 1 N–H and O–H groups in total. The highest BCUT2D eigenvalue weighted by Crippen LogP contribution is 2.24. The zero-order valence-corrected chi connectivity index (χ0v) is 10.8. The largest absolute Gasteiger partial charge is 0.444 e. The molecule has 0 saturated carbocycles. The van der Waals surface area contributed by atoms with E-state index >= 15 is 0 Å². The maximum Gasteiger partial charge on any atom is 0.226 e. The maximum absolute atomic E-state index is 5.56. The Balaban J connectivity index is 1.74. The van der Waals surface area contributed by atoms with E-state index in [1.54, 1.807) is 6.26 Å². The van der Waals surface area contributed by atoms with Crippen molar-refractivity contribution in [3.63, 3.8) is 0 Å². The molecule has 1 aliphatic rings. The van der Waals surface area contributed by atoms with Crippen molar-refractivity contribution < 1.29 is 4.42 Å². The average Bonchev–Trinajstić information content (AvgIpc) is 3.14. The third kappa shape index (κ3) is 1.81. The molecule has 3 aromatic rings. The lowest BCUT2D eigenvalue weighted by Gasteiger charge is -2.14. The molecule has 0 fully saturated rings. The lowest BCUT2D eigenvalue weighted by Crippen LogP contribution is -2.28. The van der Waals surface area contributed by atoms with Crippen molar-refractivity contribution in [3.8, 4) is 23.0 Å². The van der Waals surface area contributed by atoms with Crippen molar-refractivity contribution in [2.75, 3.05) is 6.54 Å². The predicted molar refractivity (Wildman–Crippen MR) is 72.7 cm³/mol. The second kappa shape index (κ2) is 4.57. The van der Waals surface area contributed by atoms with Crippen LogP contribution in [0.4, 0.5) is 0 Å². The van der Waals surface area contributed by atoms with Crippen molar-refractivity contribution in [3.05, 3.63) is 42.4 Å². The number of benzene rings is 1. The number of oxazole rings is 1. The fourth-order valence-electron chi connectivity index (χ4n) is 2.37. The van der Waals surface area contributed by atoms with Crippen molar-refractivity contribution in [2.45, 2.75) is 13.1 Å². The van der Waals surface area contributed by atoms with Crippen LogP contribution in [0.2, 0.25) is 0 Å². The van der Waals surface area contributed by atoms with E-state index in [1.165, 1.54) is 0 Å². The predicted octanol–water partition coefficient (Wildman–Crippen LogP) is 1.70. The minimum absolute atomic E-state index is 0.604. The summed E-state index contributed by atoms with van der Waals surface area (Å²) in [4.78, 5) is 4.52. The normalized spacial score (nSPS) is 14.2. The Labute approximate surface area is 115 Å². The SMILES string of the molecule is c1ccc(-c2nc(-c3nnc4n3CCNC4)co2)cc1. The summed E-state index contributed by atoms with van der Waals surface area (Å²) in [7, 11) is 0. The fourth-order valence-corrected chi connectivity index (χ4v) is 2.37. The minimum Gasteiger partial charge on any atom is -0.444 e. The Morgan fingerprint density at radius 3 is 2.95 bits per heavy atom. The average molecular weight is 267 g/mol. The van der Waals surface area contributed by atoms with Crippen LogP contribution < -0.4 is 5.32 Å². The number of aromatic nitrogens is 4. The lowest BCUT2D eigenvalue weighted by atomic mass is 10.2. The second-order valence-electron chi connectivity index (χ2n) is 4.67. The summed E-state index contributed by atoms with van der Waals surface area (Å²) in [6.07, 6.45) is 1.64. The zero-order chi connectivity index (χ0) is 13.4. The number of nitrogens with one attached hydrogen (secondary N) is 1. The van der Waals surface area contributed by atoms with Gasteiger partial charge in [0, 0.05) is 18.7 Å². The summed E-state index contributed by atoms with van der Waals surface area (Å²) in [6.45, 7) is 2.52. The van der Waals surface area contributed by atoms with Crippen LogP contribution in [0.3, 0.4) is 0 Å². The quantitative estimate of drug-likeness (QED) is 0.765. The second-order valence-corrected chi connectivity index (χ2v) is 4.67. The third-order valence-corrected chi connectivity index (χ3v) is 3.38. The summed E-state index contributed by atoms with van der Waals surface area (Å²) in [5, 5.41) is 11.7. The van der Waals surface area contributed by atoms with Crippen molar-refractivity contribution in [1.82, 2.24) is 25.1 Å². The van der Waals surface area contributed by atoms with Crippen molar-refractivity contribution in [2.24, 2.45) is 0 Å². The van der Waals surface area contributed by atoms with Gasteiger partial charge in [0.25, 0.3) is 0 Å². The Kier molecular flexibility index (Phi) is 2.60. The summed E-state index contributed by atoms with van der Waals surface area (Å²) in [6, 6.07) is 9.83. The fraction of sp³-hybridized carbons (Fsp3) is 0.214. The molecule has 3 heterocycles. The zero-order valence-electron chi connectivity index (χ0n) is 10.8. The molecule has 0 saturated heterocycles. The van der Waals surface area contributed by atoms with Gasteiger partial charge < -0.3 is 14.3 Å². The first-order valence-corrected chi connectivity index (χ1v) is 6.56. The topological polar surface area (TPSA) is 68.8 Å². The standard InChI is InChI=1S/C14H13N5O/c1-2-4-10(5-3-1)14-16-11(9-20-14)13-18-17-12-8-15-6-7-19(12)13/h1-5,9,15H,6-8H2. The minimum atomic E-state index is 0.604. The van der Waals surface area contributed by atoms with E-state index in [1.807, 2.05) is 30.3 Å². The van der Waals surface area contributed by atoms with Gasteiger partial charge in [-0.1, -0.05) is 18.2 Å². The van der Waals surface area contributed by atoms with Crippen LogP contribution in [0.25, 0.3) is 23.0 Å². The number of fused-ring (bicyclic) bond motifs is 1. The highest BCUT2D eigenvalue weighted by molar-refractivity contribution is 5.58. The summed E-state index contributed by atoms with van der Waals surface area (Å²) in [5.41, 5.74) is 1.68. The van der Waals surface area contributed by atoms with Gasteiger partial charge in [0.1, 0.15) is 17.8 Å². The van der Waals surface area contributed by atoms with Gasteiger partial charge in [0.05, 0.1) is 6.54 Å². The highest BCUT2D eigenvalue weighted by atomic mass is 16.3. The lowest BCUT2D eigenvalue weighted by molar-refractivity contribution is 0.508. The molecule has 0 aliphatic carbocycles. The van der Waals surface area contributed by atoms with Crippen molar-refractivity contribution in [1.29, 1.82) is 0 Å². The first-order chi connectivity index (χ1) is 9.92. The molecule has 4 rings (SSSR count). The van der Waals surface area contributed by atoms with Crippen LogP contribution in [0.15, 0.2) is 41.0 Å². The van der Waals surface area contributed by atoms with Crippen LogP contribution in [-0.4, -0.2) is 26.3 Å². The number of hydrogen-bond donors (Lipinski definition) is 1. The molecule has 6 heteroatoms. The maximum atomic E-state index is 5.56. The Hall–Kier alpha value is -2.47. The first-order valence-electron chi connectivity index (χ1n) is 6.56. The molecule has 1 aliphatic heterocycles. The van der Waals surface area contributed by atoms with Crippen LogP contribution in [0.1, 0.15) is 5.82 Å². The summed E-state index contributed by atoms with van der Waals surface area (Å²) >= 11 is 0. The van der Waals surface area contributed by atoms with Gasteiger partial charge in [-0.25, -0.2) is 4.98 Å². The smallest absolute Gasteiger partial charge is 0.226 e. The van der Waals surface area contributed by atoms with E-state index in [0.29, 0.717) is 5.89 Å². The van der Waals surface area contributed by atoms with E-state index in [4.69, 9.17) is 4.42 Å². The van der Waals surface area contributed by atoms with Gasteiger partial charge in [-0.3, -0.25) is 0 Å². The molecule has 2 aromatic heterocycles.